The number of carboxylic acids is 1. The number of nitrogens with zero attached hydrogens (tertiary/aromatic N) is 1. The van der Waals surface area contributed by atoms with Crippen LogP contribution in [0.15, 0.2) is 46.9 Å². The molecular formula is C23H23BrClNO3. The summed E-state index contributed by atoms with van der Waals surface area (Å²) in [5, 5.41) is 11.5. The topological polar surface area (TPSA) is 59.4 Å². The maximum Gasteiger partial charge on any atom is 0.337 e. The van der Waals surface area contributed by atoms with Gasteiger partial charge < -0.3 is 9.84 Å². The molecule has 0 saturated carbocycles. The van der Waals surface area contributed by atoms with Crippen molar-refractivity contribution in [1.82, 2.24) is 4.98 Å². The van der Waals surface area contributed by atoms with Crippen molar-refractivity contribution in [2.75, 3.05) is 6.61 Å². The predicted molar refractivity (Wildman–Crippen MR) is 120 cm³/mol. The van der Waals surface area contributed by atoms with E-state index in [-0.39, 0.29) is 0 Å². The molecule has 0 radical (unpaired) electrons. The molecule has 0 spiro atoms. The van der Waals surface area contributed by atoms with E-state index in [1.54, 1.807) is 12.1 Å². The predicted octanol–water partition coefficient (Wildman–Crippen LogP) is 6.81. The lowest BCUT2D eigenvalue weighted by molar-refractivity contribution is -0.151. The summed E-state index contributed by atoms with van der Waals surface area (Å²) >= 11 is 9.61. The number of halogens is 2. The Labute approximate surface area is 184 Å². The van der Waals surface area contributed by atoms with Gasteiger partial charge in [0, 0.05) is 32.7 Å². The molecule has 2 aromatic carbocycles. The molecule has 1 unspecified atom stereocenters. The van der Waals surface area contributed by atoms with Crippen LogP contribution in [0.3, 0.4) is 0 Å². The van der Waals surface area contributed by atoms with E-state index in [9.17, 15) is 9.90 Å². The van der Waals surface area contributed by atoms with E-state index in [2.05, 4.69) is 34.8 Å². The third-order valence-electron chi connectivity index (χ3n) is 4.77. The van der Waals surface area contributed by atoms with Crippen LogP contribution in [0, 0.1) is 12.8 Å². The second kappa shape index (κ2) is 9.24. The number of aromatic nitrogens is 1. The van der Waals surface area contributed by atoms with Crippen molar-refractivity contribution in [1.29, 1.82) is 0 Å². The normalized spacial score (nSPS) is 12.5. The van der Waals surface area contributed by atoms with Crippen molar-refractivity contribution >= 4 is 44.4 Å². The smallest absolute Gasteiger partial charge is 0.337 e. The summed E-state index contributed by atoms with van der Waals surface area (Å²) in [4.78, 5) is 16.9. The van der Waals surface area contributed by atoms with Crippen LogP contribution >= 0.6 is 27.5 Å². The zero-order valence-corrected chi connectivity index (χ0v) is 18.9. The highest BCUT2D eigenvalue weighted by Gasteiger charge is 2.28. The minimum Gasteiger partial charge on any atom is -0.479 e. The molecule has 1 aromatic heterocycles. The minimum absolute atomic E-state index is 0.366. The number of ether oxygens (including phenoxy) is 1. The highest BCUT2D eigenvalue weighted by Crippen LogP contribution is 2.39. The van der Waals surface area contributed by atoms with E-state index in [1.165, 1.54) is 0 Å². The van der Waals surface area contributed by atoms with Gasteiger partial charge in [-0.2, -0.15) is 0 Å². The van der Waals surface area contributed by atoms with E-state index in [4.69, 9.17) is 16.3 Å². The maximum absolute atomic E-state index is 12.2. The van der Waals surface area contributed by atoms with Crippen LogP contribution < -0.4 is 0 Å². The Bertz CT molecular complexity index is 1030. The Morgan fingerprint density at radius 2 is 1.90 bits per heavy atom. The molecule has 1 N–H and O–H groups in total. The van der Waals surface area contributed by atoms with E-state index < -0.39 is 12.1 Å². The van der Waals surface area contributed by atoms with E-state index in [0.29, 0.717) is 28.8 Å². The molecule has 0 saturated heterocycles. The van der Waals surface area contributed by atoms with Gasteiger partial charge in [0.15, 0.2) is 6.10 Å². The van der Waals surface area contributed by atoms with Crippen LogP contribution in [-0.2, 0) is 9.53 Å². The Morgan fingerprint density at radius 1 is 1.21 bits per heavy atom. The molecule has 0 bridgehead atoms. The summed E-state index contributed by atoms with van der Waals surface area (Å²) in [6.07, 6.45) is -0.318. The highest BCUT2D eigenvalue weighted by atomic mass is 79.9. The molecule has 152 valence electrons. The molecule has 0 fully saturated rings. The first kappa shape index (κ1) is 21.8. The SMILES string of the molecule is Cc1nc2ccc(Br)cc2c(-c2ccc(Cl)cc2)c1C(OCCC(C)C)C(=O)O. The van der Waals surface area contributed by atoms with Crippen LogP contribution in [0.1, 0.15) is 37.6 Å². The van der Waals surface area contributed by atoms with Gasteiger partial charge in [0.2, 0.25) is 0 Å². The lowest BCUT2D eigenvalue weighted by Crippen LogP contribution is -2.19. The quantitative estimate of drug-likeness (QED) is 0.407. The van der Waals surface area contributed by atoms with Crippen LogP contribution in [0.25, 0.3) is 22.0 Å². The fraction of sp³-hybridized carbons (Fsp3) is 0.304. The van der Waals surface area contributed by atoms with Gasteiger partial charge in [0.1, 0.15) is 0 Å². The number of carbonyl (C=O) groups is 1. The summed E-state index contributed by atoms with van der Waals surface area (Å²) < 4.78 is 6.76. The Balaban J connectivity index is 2.26. The third-order valence-corrected chi connectivity index (χ3v) is 5.52. The van der Waals surface area contributed by atoms with Crippen molar-refractivity contribution in [3.63, 3.8) is 0 Å². The number of hydrogen-bond donors (Lipinski definition) is 1. The van der Waals surface area contributed by atoms with Gasteiger partial charge >= 0.3 is 5.97 Å². The van der Waals surface area contributed by atoms with Crippen molar-refractivity contribution < 1.29 is 14.6 Å². The molecular weight excluding hydrogens is 454 g/mol. The number of benzene rings is 2. The van der Waals surface area contributed by atoms with Gasteiger partial charge in [-0.05, 0) is 60.7 Å². The van der Waals surface area contributed by atoms with Crippen molar-refractivity contribution in [2.45, 2.75) is 33.3 Å². The van der Waals surface area contributed by atoms with Gasteiger partial charge in [0.25, 0.3) is 0 Å². The Hall–Kier alpha value is -1.95. The summed E-state index contributed by atoms with van der Waals surface area (Å²) in [5.41, 5.74) is 3.70. The maximum atomic E-state index is 12.2. The van der Waals surface area contributed by atoms with Crippen molar-refractivity contribution in [2.24, 2.45) is 5.92 Å². The zero-order valence-electron chi connectivity index (χ0n) is 16.6. The van der Waals surface area contributed by atoms with E-state index in [1.807, 2.05) is 37.3 Å². The van der Waals surface area contributed by atoms with Gasteiger partial charge in [0.05, 0.1) is 5.52 Å². The van der Waals surface area contributed by atoms with Gasteiger partial charge in [-0.3, -0.25) is 4.98 Å². The van der Waals surface area contributed by atoms with Gasteiger partial charge in [-0.15, -0.1) is 0 Å². The second-order valence-electron chi connectivity index (χ2n) is 7.43. The van der Waals surface area contributed by atoms with Crippen molar-refractivity contribution in [3.8, 4) is 11.1 Å². The van der Waals surface area contributed by atoms with Crippen LogP contribution in [0.2, 0.25) is 5.02 Å². The van der Waals surface area contributed by atoms with Crippen LogP contribution in [0.5, 0.6) is 0 Å². The summed E-state index contributed by atoms with van der Waals surface area (Å²) in [6.45, 7) is 6.36. The first-order valence-electron chi connectivity index (χ1n) is 9.48. The number of aliphatic carboxylic acids is 1. The van der Waals surface area contributed by atoms with Crippen molar-refractivity contribution in [3.05, 3.63) is 63.2 Å². The fourth-order valence-corrected chi connectivity index (χ4v) is 3.81. The molecule has 29 heavy (non-hydrogen) atoms. The average Bonchev–Trinajstić information content (AvgIpc) is 2.65. The minimum atomic E-state index is -1.10. The molecule has 0 aliphatic rings. The molecule has 0 aliphatic carbocycles. The Morgan fingerprint density at radius 3 is 2.52 bits per heavy atom. The van der Waals surface area contributed by atoms with E-state index >= 15 is 0 Å². The standard InChI is InChI=1S/C23H23BrClNO3/c1-13(2)10-11-29-22(23(27)28)20-14(3)26-19-9-6-16(24)12-18(19)21(20)15-4-7-17(25)8-5-15/h4-9,12-13,22H,10-11H2,1-3H3,(H,27,28). The monoisotopic (exact) mass is 475 g/mol. The first-order valence-corrected chi connectivity index (χ1v) is 10.6. The average molecular weight is 477 g/mol. The number of carboxylic acid groups (broad SMARTS) is 1. The number of pyridine rings is 1. The van der Waals surface area contributed by atoms with Crippen LogP contribution in [-0.4, -0.2) is 22.7 Å². The molecule has 0 aliphatic heterocycles. The Kier molecular flexibility index (Phi) is 6.93. The summed E-state index contributed by atoms with van der Waals surface area (Å²) in [5.74, 6) is -0.602. The van der Waals surface area contributed by atoms with Crippen LogP contribution in [0.4, 0.5) is 0 Å². The summed E-state index contributed by atoms with van der Waals surface area (Å²) in [6, 6.07) is 13.2. The number of aryl methyl sites for hydroxylation is 1. The molecule has 6 heteroatoms. The third kappa shape index (κ3) is 4.97. The second-order valence-corrected chi connectivity index (χ2v) is 8.78. The summed E-state index contributed by atoms with van der Waals surface area (Å²) in [7, 11) is 0. The highest BCUT2D eigenvalue weighted by molar-refractivity contribution is 9.10. The molecule has 3 aromatic rings. The largest absolute Gasteiger partial charge is 0.479 e. The molecule has 0 amide bonds. The lowest BCUT2D eigenvalue weighted by atomic mass is 9.91. The molecule has 1 heterocycles. The zero-order chi connectivity index (χ0) is 21.1. The fourth-order valence-electron chi connectivity index (χ4n) is 3.32. The van der Waals surface area contributed by atoms with Gasteiger partial charge in [-0.1, -0.05) is 53.5 Å². The van der Waals surface area contributed by atoms with Gasteiger partial charge in [-0.25, -0.2) is 4.79 Å². The van der Waals surface area contributed by atoms with E-state index in [0.717, 1.165) is 32.9 Å². The molecule has 4 nitrogen and oxygen atoms in total. The molecule has 3 rings (SSSR count). The number of fused-ring (bicyclic) bond motifs is 1. The molecule has 1 atom stereocenters. The first-order chi connectivity index (χ1) is 13.8. The number of rotatable bonds is 7. The lowest BCUT2D eigenvalue weighted by Gasteiger charge is -2.22. The number of hydrogen-bond acceptors (Lipinski definition) is 3.